The minimum absolute atomic E-state index is 0.119. The van der Waals surface area contributed by atoms with E-state index in [1.807, 2.05) is 35.0 Å². The molecule has 1 N–H and O–H groups in total. The van der Waals surface area contributed by atoms with Crippen LogP contribution in [0.25, 0.3) is 16.6 Å². The van der Waals surface area contributed by atoms with Gasteiger partial charge in [-0.25, -0.2) is 22.9 Å². The molecule has 132 valence electrons. The summed E-state index contributed by atoms with van der Waals surface area (Å²) in [6.07, 6.45) is 4.24. The Kier molecular flexibility index (Phi) is 4.06. The topological polar surface area (TPSA) is 93.7 Å². The third-order valence-corrected chi connectivity index (χ3v) is 5.45. The van der Waals surface area contributed by atoms with Crippen molar-refractivity contribution in [2.75, 3.05) is 6.54 Å². The van der Waals surface area contributed by atoms with E-state index < -0.39 is 15.6 Å². The van der Waals surface area contributed by atoms with Crippen molar-refractivity contribution >= 4 is 26.6 Å². The number of rotatable bonds is 5. The summed E-state index contributed by atoms with van der Waals surface area (Å²) in [5.41, 5.74) is 1.50. The first-order valence-electron chi connectivity index (χ1n) is 7.97. The maximum absolute atomic E-state index is 12.5. The fourth-order valence-electron chi connectivity index (χ4n) is 2.72. The molecule has 4 rings (SSSR count). The van der Waals surface area contributed by atoms with E-state index in [9.17, 15) is 13.2 Å². The Bertz CT molecular complexity index is 1230. The zero-order chi connectivity index (χ0) is 18.1. The van der Waals surface area contributed by atoms with Gasteiger partial charge in [0, 0.05) is 36.8 Å². The van der Waals surface area contributed by atoms with Crippen molar-refractivity contribution in [2.45, 2.75) is 11.3 Å². The van der Waals surface area contributed by atoms with Gasteiger partial charge in [0.05, 0.1) is 10.6 Å². The predicted octanol–water partition coefficient (Wildman–Crippen LogP) is 1.96. The molecule has 0 saturated heterocycles. The molecule has 0 atom stereocenters. The summed E-state index contributed by atoms with van der Waals surface area (Å²) >= 11 is 0. The van der Waals surface area contributed by atoms with Crippen molar-refractivity contribution in [3.63, 3.8) is 0 Å². The number of imidazole rings is 1. The van der Waals surface area contributed by atoms with Crippen LogP contribution < -0.4 is 10.3 Å². The van der Waals surface area contributed by atoms with Gasteiger partial charge in [0.25, 0.3) is 0 Å². The quantitative estimate of drug-likeness (QED) is 0.543. The normalized spacial score (nSPS) is 12.0. The van der Waals surface area contributed by atoms with Crippen LogP contribution in [0.5, 0.6) is 0 Å². The number of fused-ring (bicyclic) bond motifs is 2. The lowest BCUT2D eigenvalue weighted by Gasteiger charge is -2.06. The van der Waals surface area contributed by atoms with E-state index in [2.05, 4.69) is 9.71 Å². The minimum atomic E-state index is -3.67. The summed E-state index contributed by atoms with van der Waals surface area (Å²) in [6.45, 7) is 0.230. The molecule has 0 saturated carbocycles. The van der Waals surface area contributed by atoms with Gasteiger partial charge >= 0.3 is 5.63 Å². The number of benzene rings is 1. The lowest BCUT2D eigenvalue weighted by atomic mass is 10.2. The highest BCUT2D eigenvalue weighted by atomic mass is 32.2. The smallest absolute Gasteiger partial charge is 0.336 e. The monoisotopic (exact) mass is 369 g/mol. The van der Waals surface area contributed by atoms with Gasteiger partial charge in [0.2, 0.25) is 10.0 Å². The molecule has 4 aromatic rings. The molecule has 8 heteroatoms. The molecule has 0 aliphatic carbocycles. The van der Waals surface area contributed by atoms with Gasteiger partial charge in [-0.2, -0.15) is 0 Å². The zero-order valence-corrected chi connectivity index (χ0v) is 14.4. The molecule has 0 bridgehead atoms. The van der Waals surface area contributed by atoms with Crippen LogP contribution in [-0.4, -0.2) is 24.3 Å². The van der Waals surface area contributed by atoms with Crippen LogP contribution in [0.3, 0.4) is 0 Å². The number of aromatic nitrogens is 2. The number of nitrogens with zero attached hydrogens (tertiary/aromatic N) is 2. The van der Waals surface area contributed by atoms with E-state index in [0.29, 0.717) is 17.4 Å². The van der Waals surface area contributed by atoms with E-state index in [4.69, 9.17) is 4.42 Å². The first kappa shape index (κ1) is 16.5. The van der Waals surface area contributed by atoms with E-state index in [0.717, 1.165) is 11.3 Å². The fraction of sp³-hybridized carbons (Fsp3) is 0.111. The number of hydrogen-bond donors (Lipinski definition) is 1. The fourth-order valence-corrected chi connectivity index (χ4v) is 3.79. The van der Waals surface area contributed by atoms with Crippen LogP contribution in [-0.2, 0) is 16.4 Å². The molecule has 0 amide bonds. The van der Waals surface area contributed by atoms with Crippen LogP contribution in [0.4, 0.5) is 0 Å². The van der Waals surface area contributed by atoms with Gasteiger partial charge in [-0.05, 0) is 36.4 Å². The number of pyridine rings is 1. The summed E-state index contributed by atoms with van der Waals surface area (Å²) in [5, 5.41) is 0.549. The zero-order valence-electron chi connectivity index (χ0n) is 13.6. The van der Waals surface area contributed by atoms with E-state index in [1.165, 1.54) is 30.3 Å². The maximum atomic E-state index is 12.5. The molecule has 0 aliphatic rings. The number of sulfonamides is 1. The number of hydrogen-bond acceptors (Lipinski definition) is 5. The molecule has 3 aromatic heterocycles. The molecule has 1 aromatic carbocycles. The summed E-state index contributed by atoms with van der Waals surface area (Å²) in [5.74, 6) is 0. The summed E-state index contributed by atoms with van der Waals surface area (Å²) in [7, 11) is -3.67. The van der Waals surface area contributed by atoms with Gasteiger partial charge in [0.1, 0.15) is 11.2 Å². The SMILES string of the molecule is O=c1ccc2cc(S(=O)(=O)NCCc3cn4ccccc4n3)ccc2o1. The van der Waals surface area contributed by atoms with Crippen LogP contribution in [0, 0.1) is 0 Å². The predicted molar refractivity (Wildman–Crippen MR) is 96.6 cm³/mol. The molecule has 7 nitrogen and oxygen atoms in total. The van der Waals surface area contributed by atoms with Crippen molar-refractivity contribution in [2.24, 2.45) is 0 Å². The van der Waals surface area contributed by atoms with E-state index >= 15 is 0 Å². The minimum Gasteiger partial charge on any atom is -0.423 e. The third kappa shape index (κ3) is 3.24. The molecular weight excluding hydrogens is 354 g/mol. The van der Waals surface area contributed by atoms with Crippen molar-refractivity contribution in [3.8, 4) is 0 Å². The molecule has 3 heterocycles. The largest absolute Gasteiger partial charge is 0.423 e. The van der Waals surface area contributed by atoms with E-state index in [1.54, 1.807) is 0 Å². The van der Waals surface area contributed by atoms with Gasteiger partial charge in [-0.3, -0.25) is 0 Å². The summed E-state index contributed by atoms with van der Waals surface area (Å²) in [4.78, 5) is 15.8. The van der Waals surface area contributed by atoms with Gasteiger partial charge in [0.15, 0.2) is 0 Å². The second-order valence-electron chi connectivity index (χ2n) is 5.80. The molecule has 0 unspecified atom stereocenters. The first-order valence-corrected chi connectivity index (χ1v) is 9.46. The Balaban J connectivity index is 1.49. The van der Waals surface area contributed by atoms with Gasteiger partial charge < -0.3 is 8.82 Å². The first-order chi connectivity index (χ1) is 12.5. The number of nitrogens with one attached hydrogen (secondary N) is 1. The highest BCUT2D eigenvalue weighted by molar-refractivity contribution is 7.89. The molecule has 26 heavy (non-hydrogen) atoms. The third-order valence-electron chi connectivity index (χ3n) is 3.99. The molecule has 0 radical (unpaired) electrons. The van der Waals surface area contributed by atoms with E-state index in [-0.39, 0.29) is 11.4 Å². The second-order valence-corrected chi connectivity index (χ2v) is 7.57. The van der Waals surface area contributed by atoms with Crippen LogP contribution >= 0.6 is 0 Å². The van der Waals surface area contributed by atoms with Crippen LogP contribution in [0.2, 0.25) is 0 Å². The summed E-state index contributed by atoms with van der Waals surface area (Å²) < 4.78 is 34.4. The lowest BCUT2D eigenvalue weighted by molar-refractivity contribution is 0.560. The second kappa shape index (κ2) is 6.40. The molecule has 0 spiro atoms. The van der Waals surface area contributed by atoms with Crippen LogP contribution in [0.15, 0.2) is 75.0 Å². The standard InChI is InChI=1S/C18H15N3O4S/c22-18-7-4-13-11-15(5-6-16(13)25-18)26(23,24)19-9-8-14-12-21-10-2-1-3-17(21)20-14/h1-7,10-12,19H,8-9H2. The Morgan fingerprint density at radius 2 is 2.00 bits per heavy atom. The maximum Gasteiger partial charge on any atom is 0.336 e. The molecule has 0 aliphatic heterocycles. The lowest BCUT2D eigenvalue weighted by Crippen LogP contribution is -2.26. The average molecular weight is 369 g/mol. The van der Waals surface area contributed by atoms with Crippen LogP contribution in [0.1, 0.15) is 5.69 Å². The molecular formula is C18H15N3O4S. The van der Waals surface area contributed by atoms with Crippen molar-refractivity contribution in [3.05, 3.63) is 77.0 Å². The van der Waals surface area contributed by atoms with Crippen molar-refractivity contribution in [1.82, 2.24) is 14.1 Å². The van der Waals surface area contributed by atoms with Crippen molar-refractivity contribution in [1.29, 1.82) is 0 Å². The van der Waals surface area contributed by atoms with Gasteiger partial charge in [-0.1, -0.05) is 6.07 Å². The molecule has 0 fully saturated rings. The highest BCUT2D eigenvalue weighted by Gasteiger charge is 2.15. The van der Waals surface area contributed by atoms with Crippen molar-refractivity contribution < 1.29 is 12.8 Å². The Hall–Kier alpha value is -2.97. The Labute approximate surface area is 149 Å². The average Bonchev–Trinajstić information content (AvgIpc) is 3.03. The highest BCUT2D eigenvalue weighted by Crippen LogP contribution is 2.17. The van der Waals surface area contributed by atoms with Gasteiger partial charge in [-0.15, -0.1) is 0 Å². The summed E-state index contributed by atoms with van der Waals surface area (Å²) in [6, 6.07) is 12.9. The Morgan fingerprint density at radius 1 is 1.12 bits per heavy atom. The Morgan fingerprint density at radius 3 is 2.85 bits per heavy atom.